The maximum atomic E-state index is 13.3. The van der Waals surface area contributed by atoms with Gasteiger partial charge in [-0.2, -0.15) is 18.2 Å². The first kappa shape index (κ1) is 25.8. The van der Waals surface area contributed by atoms with Crippen LogP contribution in [-0.4, -0.2) is 93.1 Å². The Morgan fingerprint density at radius 1 is 1.25 bits per heavy atom. The van der Waals surface area contributed by atoms with E-state index in [0.29, 0.717) is 43.5 Å². The van der Waals surface area contributed by atoms with Crippen molar-refractivity contribution in [1.82, 2.24) is 24.8 Å². The minimum absolute atomic E-state index is 0.123. The highest BCUT2D eigenvalue weighted by atomic mass is 19.4. The Morgan fingerprint density at radius 3 is 2.47 bits per heavy atom. The van der Waals surface area contributed by atoms with E-state index in [1.54, 1.807) is 6.07 Å². The number of amides is 1. The average molecular weight is 512 g/mol. The first-order valence-corrected chi connectivity index (χ1v) is 11.5. The van der Waals surface area contributed by atoms with E-state index in [4.69, 9.17) is 15.2 Å². The summed E-state index contributed by atoms with van der Waals surface area (Å²) < 4.78 is 51.3. The predicted molar refractivity (Wildman–Crippen MR) is 122 cm³/mol. The molecule has 2 aromatic rings. The van der Waals surface area contributed by atoms with Crippen molar-refractivity contribution < 1.29 is 32.5 Å². The van der Waals surface area contributed by atoms with Gasteiger partial charge in [-0.15, -0.1) is 0 Å². The molecule has 4 rings (SSSR count). The molecule has 0 radical (unpaired) electrons. The third-order valence-electron chi connectivity index (χ3n) is 6.51. The Balaban J connectivity index is 1.48. The SMILES string of the molecule is CC[C@](O)(C(=O)N(C)[C@H]1C[C@H](Oc2cc(-c3cnc(N)nc3)nc(N3CCOCC3)n2)C1)C(F)(F)F. The number of nitrogen functional groups attached to an aromatic ring is 1. The number of aliphatic hydroxyl groups is 1. The van der Waals surface area contributed by atoms with E-state index in [9.17, 15) is 23.1 Å². The van der Waals surface area contributed by atoms with Crippen molar-refractivity contribution in [3.05, 3.63) is 18.5 Å². The van der Waals surface area contributed by atoms with Crippen LogP contribution in [0.1, 0.15) is 26.2 Å². The van der Waals surface area contributed by atoms with Crippen LogP contribution in [0.5, 0.6) is 5.88 Å². The third-order valence-corrected chi connectivity index (χ3v) is 6.51. The van der Waals surface area contributed by atoms with Crippen LogP contribution in [0.4, 0.5) is 25.1 Å². The fraction of sp³-hybridized carbons (Fsp3) is 0.591. The third kappa shape index (κ3) is 5.14. The summed E-state index contributed by atoms with van der Waals surface area (Å²) in [4.78, 5) is 32.5. The van der Waals surface area contributed by atoms with Gasteiger partial charge >= 0.3 is 6.18 Å². The lowest BCUT2D eigenvalue weighted by atomic mass is 9.86. The second-order valence-electron chi connectivity index (χ2n) is 8.81. The molecule has 36 heavy (non-hydrogen) atoms. The van der Waals surface area contributed by atoms with E-state index in [2.05, 4.69) is 19.9 Å². The molecule has 1 aliphatic carbocycles. The van der Waals surface area contributed by atoms with Gasteiger partial charge in [0.2, 0.25) is 23.4 Å². The van der Waals surface area contributed by atoms with Gasteiger partial charge in [-0.05, 0) is 6.42 Å². The van der Waals surface area contributed by atoms with Gasteiger partial charge in [0.1, 0.15) is 6.10 Å². The summed E-state index contributed by atoms with van der Waals surface area (Å²) in [6.07, 6.45) is -2.57. The molecule has 2 fully saturated rings. The molecular weight excluding hydrogens is 483 g/mol. The largest absolute Gasteiger partial charge is 0.474 e. The second kappa shape index (κ2) is 10.0. The number of nitrogens with two attached hydrogens (primary N) is 1. The van der Waals surface area contributed by atoms with E-state index in [1.807, 2.05) is 4.90 Å². The van der Waals surface area contributed by atoms with Gasteiger partial charge in [0, 0.05) is 63.0 Å². The van der Waals surface area contributed by atoms with E-state index in [0.717, 1.165) is 11.8 Å². The molecule has 0 unspecified atom stereocenters. The second-order valence-corrected chi connectivity index (χ2v) is 8.81. The van der Waals surface area contributed by atoms with Crippen LogP contribution in [-0.2, 0) is 9.53 Å². The van der Waals surface area contributed by atoms with Gasteiger partial charge in [-0.25, -0.2) is 15.0 Å². The zero-order valence-corrected chi connectivity index (χ0v) is 19.9. The molecule has 14 heteroatoms. The number of nitrogens with zero attached hydrogens (tertiary/aromatic N) is 6. The Morgan fingerprint density at radius 2 is 1.89 bits per heavy atom. The number of hydrogen-bond donors (Lipinski definition) is 2. The number of alkyl halides is 3. The summed E-state index contributed by atoms with van der Waals surface area (Å²) in [7, 11) is 1.26. The summed E-state index contributed by atoms with van der Waals surface area (Å²) >= 11 is 0. The standard InChI is InChI=1S/C22H28F3N7O4/c1-3-21(34,22(23,24)25)18(33)31(2)14-8-15(9-14)36-17-10-16(13-11-27-19(26)28-12-13)29-20(30-17)32-4-6-35-7-5-32/h10-12,14-15,34H,3-9H2,1-2H3,(H2,26,27,28)/t14-,15-,21-/m0/s1. The monoisotopic (exact) mass is 511 g/mol. The van der Waals surface area contributed by atoms with E-state index in [1.165, 1.54) is 19.4 Å². The molecule has 1 aliphatic heterocycles. The highest BCUT2D eigenvalue weighted by Gasteiger charge is 2.60. The lowest BCUT2D eigenvalue weighted by molar-refractivity contribution is -0.258. The molecule has 3 heterocycles. The van der Waals surface area contributed by atoms with Crippen LogP contribution in [0.3, 0.4) is 0 Å². The van der Waals surface area contributed by atoms with Crippen molar-refractivity contribution in [2.45, 2.75) is 50.1 Å². The lowest BCUT2D eigenvalue weighted by Gasteiger charge is -2.43. The Bertz CT molecular complexity index is 1080. The van der Waals surface area contributed by atoms with Crippen molar-refractivity contribution in [3.63, 3.8) is 0 Å². The smallest absolute Gasteiger partial charge is 0.426 e. The fourth-order valence-corrected chi connectivity index (χ4v) is 4.05. The Kier molecular flexibility index (Phi) is 7.18. The van der Waals surface area contributed by atoms with E-state index >= 15 is 0 Å². The zero-order valence-electron chi connectivity index (χ0n) is 19.9. The minimum atomic E-state index is -5.06. The van der Waals surface area contributed by atoms with E-state index in [-0.39, 0.29) is 30.8 Å². The molecule has 2 aromatic heterocycles. The molecule has 0 bridgehead atoms. The molecule has 0 spiro atoms. The zero-order chi connectivity index (χ0) is 26.1. The number of carbonyl (C=O) groups is 1. The minimum Gasteiger partial charge on any atom is -0.474 e. The Labute approximate surface area is 205 Å². The van der Waals surface area contributed by atoms with Crippen molar-refractivity contribution in [2.75, 3.05) is 44.0 Å². The summed E-state index contributed by atoms with van der Waals surface area (Å²) in [5.41, 5.74) is 3.29. The normalized spacial score (nSPS) is 21.9. The molecular formula is C22H28F3N7O4. The lowest BCUT2D eigenvalue weighted by Crippen LogP contribution is -2.61. The van der Waals surface area contributed by atoms with Crippen molar-refractivity contribution in [3.8, 4) is 17.1 Å². The number of likely N-dealkylation sites (N-methyl/N-ethyl adjacent to an activating group) is 1. The number of carbonyl (C=O) groups excluding carboxylic acids is 1. The Hall–Kier alpha value is -3.26. The van der Waals surface area contributed by atoms with E-state index < -0.39 is 30.1 Å². The molecule has 2 aliphatic rings. The highest BCUT2D eigenvalue weighted by molar-refractivity contribution is 5.86. The van der Waals surface area contributed by atoms with Crippen LogP contribution in [0, 0.1) is 0 Å². The van der Waals surface area contributed by atoms with Gasteiger partial charge in [0.05, 0.1) is 18.9 Å². The van der Waals surface area contributed by atoms with Gasteiger partial charge in [0.25, 0.3) is 5.91 Å². The number of halogens is 3. The number of anilines is 2. The van der Waals surface area contributed by atoms with Gasteiger partial charge < -0.3 is 30.1 Å². The predicted octanol–water partition coefficient (Wildman–Crippen LogP) is 1.42. The summed E-state index contributed by atoms with van der Waals surface area (Å²) in [5, 5.41) is 9.98. The summed E-state index contributed by atoms with van der Waals surface area (Å²) in [6.45, 7) is 3.37. The molecule has 1 amide bonds. The number of hydrogen-bond acceptors (Lipinski definition) is 10. The number of aromatic nitrogens is 4. The summed E-state index contributed by atoms with van der Waals surface area (Å²) in [6, 6.07) is 1.12. The summed E-state index contributed by atoms with van der Waals surface area (Å²) in [5.74, 6) is -0.541. The van der Waals surface area contributed by atoms with Gasteiger partial charge in [-0.1, -0.05) is 6.92 Å². The number of ether oxygens (including phenoxy) is 2. The molecule has 3 N–H and O–H groups in total. The van der Waals surface area contributed by atoms with Gasteiger partial charge in [0.15, 0.2) is 0 Å². The maximum absolute atomic E-state index is 13.3. The quantitative estimate of drug-likeness (QED) is 0.561. The molecule has 1 saturated carbocycles. The van der Waals surface area contributed by atoms with Crippen LogP contribution >= 0.6 is 0 Å². The average Bonchev–Trinajstić information content (AvgIpc) is 2.84. The molecule has 0 aromatic carbocycles. The van der Waals surface area contributed by atoms with Crippen LogP contribution < -0.4 is 15.4 Å². The van der Waals surface area contributed by atoms with Crippen LogP contribution in [0.2, 0.25) is 0 Å². The fourth-order valence-electron chi connectivity index (χ4n) is 4.05. The number of morpholine rings is 1. The molecule has 11 nitrogen and oxygen atoms in total. The van der Waals surface area contributed by atoms with Gasteiger partial charge in [-0.3, -0.25) is 4.79 Å². The first-order valence-electron chi connectivity index (χ1n) is 11.5. The highest BCUT2D eigenvalue weighted by Crippen LogP contribution is 2.37. The molecule has 1 saturated heterocycles. The molecule has 196 valence electrons. The maximum Gasteiger partial charge on any atom is 0.426 e. The molecule has 1 atom stereocenters. The van der Waals surface area contributed by atoms with Crippen molar-refractivity contribution in [1.29, 1.82) is 0 Å². The van der Waals surface area contributed by atoms with Crippen LogP contribution in [0.25, 0.3) is 11.3 Å². The topological polar surface area (TPSA) is 140 Å². The first-order chi connectivity index (χ1) is 17.0. The van der Waals surface area contributed by atoms with Crippen molar-refractivity contribution in [2.24, 2.45) is 0 Å². The number of rotatable bonds is 7. The van der Waals surface area contributed by atoms with Crippen LogP contribution in [0.15, 0.2) is 18.5 Å². The van der Waals surface area contributed by atoms with Crippen molar-refractivity contribution >= 4 is 17.8 Å².